The molecule has 0 atom stereocenters. The molecule has 3 nitrogen and oxygen atoms in total. The van der Waals surface area contributed by atoms with Gasteiger partial charge in [-0.1, -0.05) is 81.5 Å². The van der Waals surface area contributed by atoms with Crippen LogP contribution in [0.15, 0.2) is 48.5 Å². The number of ether oxygens (including phenoxy) is 2. The Bertz CT molecular complexity index is 733. The molecular formula is C28H44ClNO2. The quantitative estimate of drug-likeness (QED) is 0.281. The molecule has 0 unspecified atom stereocenters. The van der Waals surface area contributed by atoms with Gasteiger partial charge < -0.3 is 26.4 Å². The Morgan fingerprint density at radius 3 is 2.22 bits per heavy atom. The van der Waals surface area contributed by atoms with E-state index in [4.69, 9.17) is 9.47 Å². The predicted molar refractivity (Wildman–Crippen MR) is 132 cm³/mol. The van der Waals surface area contributed by atoms with Crippen LogP contribution in [0.25, 0.3) is 0 Å². The summed E-state index contributed by atoms with van der Waals surface area (Å²) in [5.74, 6) is 0.982. The predicted octanol–water partition coefficient (Wildman–Crippen LogP) is 3.57. The highest BCUT2D eigenvalue weighted by molar-refractivity contribution is 5.36. The van der Waals surface area contributed by atoms with Gasteiger partial charge in [-0.25, -0.2) is 0 Å². The van der Waals surface area contributed by atoms with E-state index in [9.17, 15) is 0 Å². The summed E-state index contributed by atoms with van der Waals surface area (Å²) in [5.41, 5.74) is 4.02. The van der Waals surface area contributed by atoms with Crippen LogP contribution in [0.3, 0.4) is 0 Å². The number of aryl methyl sites for hydroxylation is 2. The summed E-state index contributed by atoms with van der Waals surface area (Å²) in [6, 6.07) is 17.3. The lowest BCUT2D eigenvalue weighted by atomic mass is 10.0. The van der Waals surface area contributed by atoms with Gasteiger partial charge in [0.05, 0.1) is 27.3 Å². The van der Waals surface area contributed by atoms with E-state index < -0.39 is 0 Å². The first-order chi connectivity index (χ1) is 15.0. The lowest BCUT2D eigenvalue weighted by molar-refractivity contribution is -0.904. The van der Waals surface area contributed by atoms with E-state index in [1.54, 1.807) is 0 Å². The number of unbranched alkanes of at least 4 members (excludes halogenated alkanes) is 5. The van der Waals surface area contributed by atoms with Crippen molar-refractivity contribution in [2.24, 2.45) is 0 Å². The maximum atomic E-state index is 5.96. The number of halogens is 1. The summed E-state index contributed by atoms with van der Waals surface area (Å²) in [6.45, 7) is 8.40. The average Bonchev–Trinajstić information content (AvgIpc) is 2.74. The first-order valence-electron chi connectivity index (χ1n) is 12.2. The molecule has 4 heteroatoms. The number of quaternary nitrogens is 1. The van der Waals surface area contributed by atoms with Crippen LogP contribution < -0.4 is 17.1 Å². The third-order valence-electron chi connectivity index (χ3n) is 5.84. The maximum absolute atomic E-state index is 5.96. The molecule has 0 radical (unpaired) electrons. The van der Waals surface area contributed by atoms with Gasteiger partial charge in [0.15, 0.2) is 0 Å². The molecule has 0 N–H and O–H groups in total. The Hall–Kier alpha value is -1.55. The van der Waals surface area contributed by atoms with E-state index >= 15 is 0 Å². The Balaban J connectivity index is 0.00000512. The molecule has 0 saturated heterocycles. The van der Waals surface area contributed by atoms with Gasteiger partial charge in [-0.2, -0.15) is 0 Å². The maximum Gasteiger partial charge on any atom is 0.122 e. The van der Waals surface area contributed by atoms with Crippen molar-refractivity contribution >= 4 is 0 Å². The molecule has 180 valence electrons. The molecule has 0 aliphatic carbocycles. The lowest BCUT2D eigenvalue weighted by Gasteiger charge is -2.29. The van der Waals surface area contributed by atoms with E-state index in [-0.39, 0.29) is 12.4 Å². The second-order valence-electron chi connectivity index (χ2n) is 9.38. The summed E-state index contributed by atoms with van der Waals surface area (Å²) in [4.78, 5) is 0. The summed E-state index contributed by atoms with van der Waals surface area (Å²) < 4.78 is 12.7. The highest BCUT2D eigenvalue weighted by atomic mass is 35.5. The van der Waals surface area contributed by atoms with E-state index in [0.29, 0.717) is 13.2 Å². The van der Waals surface area contributed by atoms with Gasteiger partial charge in [0, 0.05) is 5.56 Å². The van der Waals surface area contributed by atoms with Gasteiger partial charge >= 0.3 is 0 Å². The van der Waals surface area contributed by atoms with Gasteiger partial charge in [-0.05, 0) is 37.0 Å². The number of rotatable bonds is 16. The fourth-order valence-corrected chi connectivity index (χ4v) is 3.92. The third kappa shape index (κ3) is 11.9. The smallest absolute Gasteiger partial charge is 0.122 e. The molecule has 0 heterocycles. The van der Waals surface area contributed by atoms with Crippen molar-refractivity contribution in [1.82, 2.24) is 0 Å². The zero-order valence-electron chi connectivity index (χ0n) is 20.7. The number of likely N-dealkylation sites (N-methyl/N-ethyl adjacent to an activating group) is 1. The molecule has 32 heavy (non-hydrogen) atoms. The largest absolute Gasteiger partial charge is 1.00 e. The minimum Gasteiger partial charge on any atom is -1.00 e. The normalized spacial score (nSPS) is 11.2. The molecule has 0 spiro atoms. The SMILES string of the molecule is CCCCCCCCc1ccc(OCCOCC[N+](C)(C)Cc2ccccc2)c(C)c1.[Cl-]. The summed E-state index contributed by atoms with van der Waals surface area (Å²) in [5, 5.41) is 0. The van der Waals surface area contributed by atoms with E-state index in [2.05, 4.69) is 76.5 Å². The van der Waals surface area contributed by atoms with Crippen LogP contribution in [0.4, 0.5) is 0 Å². The van der Waals surface area contributed by atoms with Crippen LogP contribution >= 0.6 is 0 Å². The fourth-order valence-electron chi connectivity index (χ4n) is 3.92. The van der Waals surface area contributed by atoms with Gasteiger partial charge in [-0.3, -0.25) is 0 Å². The minimum atomic E-state index is 0. The van der Waals surface area contributed by atoms with Crippen molar-refractivity contribution < 1.29 is 26.4 Å². The number of hydrogen-bond acceptors (Lipinski definition) is 2. The van der Waals surface area contributed by atoms with Crippen LogP contribution in [0.5, 0.6) is 5.75 Å². The molecule has 0 aromatic heterocycles. The standard InChI is InChI=1S/C28H44NO2.ClH/c1-5-6-7-8-9-11-14-26-17-18-28(25(2)23-26)31-22-21-30-20-19-29(3,4)24-27-15-12-10-13-16-27;/h10,12-13,15-18,23H,5-9,11,14,19-22,24H2,1-4H3;1H/q+1;/p-1. The van der Waals surface area contributed by atoms with Crippen LogP contribution in [-0.4, -0.2) is 44.9 Å². The Labute approximate surface area is 203 Å². The molecule has 2 rings (SSSR count). The van der Waals surface area contributed by atoms with Crippen molar-refractivity contribution in [1.29, 1.82) is 0 Å². The molecule has 0 aliphatic heterocycles. The van der Waals surface area contributed by atoms with E-state index in [1.165, 1.54) is 61.6 Å². The number of nitrogens with zero attached hydrogens (tertiary/aromatic N) is 1. The highest BCUT2D eigenvalue weighted by Gasteiger charge is 2.15. The van der Waals surface area contributed by atoms with Crippen LogP contribution in [0.2, 0.25) is 0 Å². The second-order valence-corrected chi connectivity index (χ2v) is 9.38. The van der Waals surface area contributed by atoms with Crippen molar-refractivity contribution in [3.05, 3.63) is 65.2 Å². The van der Waals surface area contributed by atoms with E-state index in [0.717, 1.165) is 29.9 Å². The zero-order chi connectivity index (χ0) is 22.4. The molecule has 0 bridgehead atoms. The molecule has 0 amide bonds. The van der Waals surface area contributed by atoms with E-state index in [1.807, 2.05) is 0 Å². The van der Waals surface area contributed by atoms with Gasteiger partial charge in [0.25, 0.3) is 0 Å². The van der Waals surface area contributed by atoms with Crippen LogP contribution in [0.1, 0.15) is 62.1 Å². The van der Waals surface area contributed by atoms with Gasteiger partial charge in [0.1, 0.15) is 25.4 Å². The van der Waals surface area contributed by atoms with Crippen LogP contribution in [-0.2, 0) is 17.7 Å². The first kappa shape index (κ1) is 28.5. The van der Waals surface area contributed by atoms with Crippen molar-refractivity contribution in [2.45, 2.75) is 65.3 Å². The zero-order valence-corrected chi connectivity index (χ0v) is 21.5. The van der Waals surface area contributed by atoms with Crippen molar-refractivity contribution in [2.75, 3.05) is 40.5 Å². The molecule has 2 aromatic carbocycles. The first-order valence-corrected chi connectivity index (χ1v) is 12.2. The van der Waals surface area contributed by atoms with Crippen LogP contribution in [0, 0.1) is 6.92 Å². The van der Waals surface area contributed by atoms with Crippen molar-refractivity contribution in [3.63, 3.8) is 0 Å². The molecule has 0 aliphatic rings. The minimum absolute atomic E-state index is 0. The second kappa shape index (κ2) is 16.1. The molecule has 0 fully saturated rings. The monoisotopic (exact) mass is 461 g/mol. The molecular weight excluding hydrogens is 418 g/mol. The summed E-state index contributed by atoms with van der Waals surface area (Å²) in [6.07, 6.45) is 9.25. The third-order valence-corrected chi connectivity index (χ3v) is 5.84. The van der Waals surface area contributed by atoms with Gasteiger partial charge in [-0.15, -0.1) is 0 Å². The Kier molecular flexibility index (Phi) is 14.4. The Morgan fingerprint density at radius 2 is 1.50 bits per heavy atom. The average molecular weight is 462 g/mol. The number of hydrogen-bond donors (Lipinski definition) is 0. The Morgan fingerprint density at radius 1 is 0.781 bits per heavy atom. The highest BCUT2D eigenvalue weighted by Crippen LogP contribution is 2.20. The summed E-state index contributed by atoms with van der Waals surface area (Å²) in [7, 11) is 4.51. The fraction of sp³-hybridized carbons (Fsp3) is 0.571. The van der Waals surface area contributed by atoms with Crippen molar-refractivity contribution in [3.8, 4) is 5.75 Å². The lowest BCUT2D eigenvalue weighted by Crippen LogP contribution is -3.00. The molecule has 2 aromatic rings. The number of benzene rings is 2. The summed E-state index contributed by atoms with van der Waals surface area (Å²) >= 11 is 0. The topological polar surface area (TPSA) is 18.5 Å². The molecule has 0 saturated carbocycles. The van der Waals surface area contributed by atoms with Gasteiger partial charge in [0.2, 0.25) is 0 Å².